The van der Waals surface area contributed by atoms with E-state index in [1.165, 1.54) is 16.7 Å². The zero-order valence-electron chi connectivity index (χ0n) is 50.0. The molecule has 0 radical (unpaired) electrons. The summed E-state index contributed by atoms with van der Waals surface area (Å²) in [6, 6.07) is 81.1. The second-order valence-corrected chi connectivity index (χ2v) is 26.3. The van der Waals surface area contributed by atoms with Crippen LogP contribution in [-0.4, -0.2) is 14.1 Å². The number of rotatable bonds is 9. The summed E-state index contributed by atoms with van der Waals surface area (Å²) in [6.07, 6.45) is 6.06. The van der Waals surface area contributed by atoms with Crippen molar-refractivity contribution in [2.45, 2.75) is 104 Å². The van der Waals surface area contributed by atoms with Gasteiger partial charge < -0.3 is 18.3 Å². The fourth-order valence-corrected chi connectivity index (χ4v) is 12.8. The van der Waals surface area contributed by atoms with Crippen molar-refractivity contribution in [3.05, 3.63) is 247 Å². The van der Waals surface area contributed by atoms with Crippen LogP contribution >= 0.6 is 0 Å². The van der Waals surface area contributed by atoms with Gasteiger partial charge in [0.1, 0.15) is 5.58 Å². The maximum atomic E-state index is 7.32. The van der Waals surface area contributed by atoms with Crippen LogP contribution in [0.15, 0.2) is 211 Å². The standard InChI is InChI=1S/C78H68N4O2.Pt/c1-75(2,3)54-37-40-65(61(46-54)52-29-18-13-19-30-52)82-72-64(39-38-63-70(72)78(9,10)42-41-77(63,7)8)79-74(82)53-43-55(76(4,5)6)45-56(44-53)83-57-47-62-60-31-20-23-36-69(60)84-73(62)68(48-57)80-49-81(67-35-22-21-34-66(67)80)71-58(50-25-14-11-15-26-50)32-24-33-59(71)51-27-16-12-17-28-51;/h11-40,43,45-47H,41-42H2,1-10H3;/q-2;. The van der Waals surface area contributed by atoms with Gasteiger partial charge in [-0.3, -0.25) is 9.55 Å². The number of hydrogen-bond acceptors (Lipinski definition) is 3. The molecule has 0 aliphatic heterocycles. The van der Waals surface area contributed by atoms with Gasteiger partial charge in [0.25, 0.3) is 6.33 Å². The predicted octanol–water partition coefficient (Wildman–Crippen LogP) is 19.9. The third-order valence-electron chi connectivity index (χ3n) is 17.5. The SMILES string of the molecule is CC(C)(C)c1cc(Oc2[c-]c(-[n+]3[c-]n(-c4c(-c5ccccc5)cccc4-c4ccccc4)c4ccccc43)c3oc4ccccc4c3c2)[c-]c(-c2nc3ccc4c(c3n2-c2ccc(C(C)(C)C)cc2-c2ccccc2)C(C)(C)CCC4(C)C)c1.[Pt]. The maximum absolute atomic E-state index is 7.32. The third kappa shape index (κ3) is 9.73. The van der Waals surface area contributed by atoms with Crippen LogP contribution in [0.2, 0.25) is 0 Å². The Morgan fingerprint density at radius 1 is 0.553 bits per heavy atom. The van der Waals surface area contributed by atoms with E-state index in [0.29, 0.717) is 22.8 Å². The van der Waals surface area contributed by atoms with E-state index in [0.717, 1.165) is 113 Å². The van der Waals surface area contributed by atoms with Gasteiger partial charge in [-0.15, -0.1) is 29.3 Å². The van der Waals surface area contributed by atoms with E-state index in [1.807, 2.05) is 12.1 Å². The van der Waals surface area contributed by atoms with Crippen molar-refractivity contribution >= 4 is 44.0 Å². The second-order valence-electron chi connectivity index (χ2n) is 26.3. The van der Waals surface area contributed by atoms with Crippen LogP contribution < -0.4 is 9.30 Å². The molecule has 6 nitrogen and oxygen atoms in total. The Labute approximate surface area is 513 Å². The molecule has 0 atom stereocenters. The van der Waals surface area contributed by atoms with E-state index in [9.17, 15) is 0 Å². The quantitative estimate of drug-likeness (QED) is 0.107. The molecule has 0 amide bonds. The number of imidazole rings is 2. The normalized spacial score (nSPS) is 14.0. The smallest absolute Gasteiger partial charge is 0.268 e. The molecule has 0 N–H and O–H groups in total. The van der Waals surface area contributed by atoms with Gasteiger partial charge in [0.05, 0.1) is 33.6 Å². The number of nitrogens with zero attached hydrogens (tertiary/aromatic N) is 4. The van der Waals surface area contributed by atoms with Gasteiger partial charge in [0.2, 0.25) is 0 Å². The van der Waals surface area contributed by atoms with E-state index >= 15 is 0 Å². The average Bonchev–Trinajstić information content (AvgIpc) is 2.35. The van der Waals surface area contributed by atoms with E-state index in [1.54, 1.807) is 0 Å². The number of furan rings is 1. The molecular formula is C78H68N4O2Pt-2. The van der Waals surface area contributed by atoms with Crippen LogP contribution in [0.1, 0.15) is 104 Å². The number of aromatic nitrogens is 4. The Morgan fingerprint density at radius 2 is 1.15 bits per heavy atom. The van der Waals surface area contributed by atoms with Crippen LogP contribution in [0.3, 0.4) is 0 Å². The molecule has 14 rings (SSSR count). The van der Waals surface area contributed by atoms with Crippen LogP contribution in [0, 0.1) is 18.5 Å². The van der Waals surface area contributed by atoms with Crippen LogP contribution in [0.25, 0.3) is 106 Å². The Bertz CT molecular complexity index is 4650. The van der Waals surface area contributed by atoms with Crippen molar-refractivity contribution in [1.29, 1.82) is 0 Å². The van der Waals surface area contributed by atoms with Crippen LogP contribution in [0.5, 0.6) is 11.5 Å². The number of para-hydroxylation sites is 4. The van der Waals surface area contributed by atoms with Gasteiger partial charge in [0.15, 0.2) is 0 Å². The fourth-order valence-electron chi connectivity index (χ4n) is 12.8. The summed E-state index contributed by atoms with van der Waals surface area (Å²) in [7, 11) is 0. The molecule has 3 aromatic heterocycles. The van der Waals surface area contributed by atoms with E-state index in [2.05, 4.69) is 296 Å². The zero-order valence-corrected chi connectivity index (χ0v) is 52.2. The minimum Gasteiger partial charge on any atom is -0.519 e. The second kappa shape index (κ2) is 20.9. The molecule has 1 aliphatic rings. The number of fused-ring (bicyclic) bond motifs is 7. The molecular weight excluding hydrogens is 1220 g/mol. The van der Waals surface area contributed by atoms with Crippen LogP contribution in [-0.2, 0) is 42.7 Å². The first kappa shape index (κ1) is 55.6. The Morgan fingerprint density at radius 3 is 1.82 bits per heavy atom. The molecule has 424 valence electrons. The minimum atomic E-state index is -0.283. The van der Waals surface area contributed by atoms with Crippen molar-refractivity contribution in [3.8, 4) is 73.3 Å². The Balaban J connectivity index is 0.00000672. The molecule has 13 aromatic rings. The molecule has 7 heteroatoms. The number of hydrogen-bond donors (Lipinski definition) is 0. The summed E-state index contributed by atoms with van der Waals surface area (Å²) >= 11 is 0. The number of benzene rings is 10. The van der Waals surface area contributed by atoms with E-state index < -0.39 is 0 Å². The summed E-state index contributed by atoms with van der Waals surface area (Å²) in [5.74, 6) is 1.88. The maximum Gasteiger partial charge on any atom is 0.268 e. The topological polar surface area (TPSA) is 49.0 Å². The molecule has 0 spiro atoms. The monoisotopic (exact) mass is 1290 g/mol. The summed E-state index contributed by atoms with van der Waals surface area (Å²) in [4.78, 5) is 5.73. The van der Waals surface area contributed by atoms with E-state index in [4.69, 9.17) is 14.1 Å². The Kier molecular flexibility index (Phi) is 13.7. The third-order valence-corrected chi connectivity index (χ3v) is 17.5. The first-order chi connectivity index (χ1) is 40.4. The molecule has 0 bridgehead atoms. The van der Waals surface area contributed by atoms with E-state index in [-0.39, 0.29) is 42.7 Å². The van der Waals surface area contributed by atoms with Crippen molar-refractivity contribution in [2.24, 2.45) is 0 Å². The van der Waals surface area contributed by atoms with Gasteiger partial charge in [-0.1, -0.05) is 251 Å². The van der Waals surface area contributed by atoms with Gasteiger partial charge in [-0.05, 0) is 109 Å². The molecule has 0 unspecified atom stereocenters. The van der Waals surface area contributed by atoms with Crippen molar-refractivity contribution in [3.63, 3.8) is 0 Å². The number of ether oxygens (including phenoxy) is 1. The summed E-state index contributed by atoms with van der Waals surface area (Å²) in [5.41, 5.74) is 20.3. The van der Waals surface area contributed by atoms with Crippen molar-refractivity contribution in [2.75, 3.05) is 0 Å². The van der Waals surface area contributed by atoms with Crippen LogP contribution in [0.4, 0.5) is 0 Å². The summed E-state index contributed by atoms with van der Waals surface area (Å²) < 4.78 is 21.0. The minimum absolute atomic E-state index is 0. The Hall–Kier alpha value is -8.57. The first-order valence-corrected chi connectivity index (χ1v) is 29.5. The summed E-state index contributed by atoms with van der Waals surface area (Å²) in [6.45, 7) is 23.3. The molecule has 3 heterocycles. The van der Waals surface area contributed by atoms with Crippen molar-refractivity contribution < 1.29 is 34.8 Å². The average molecular weight is 1290 g/mol. The van der Waals surface area contributed by atoms with Gasteiger partial charge >= 0.3 is 0 Å². The van der Waals surface area contributed by atoms with Crippen molar-refractivity contribution in [1.82, 2.24) is 14.1 Å². The molecule has 1 aliphatic carbocycles. The predicted molar refractivity (Wildman–Crippen MR) is 344 cm³/mol. The largest absolute Gasteiger partial charge is 0.519 e. The van der Waals surface area contributed by atoms with Gasteiger partial charge in [0, 0.05) is 54.8 Å². The first-order valence-electron chi connectivity index (χ1n) is 29.5. The molecule has 0 saturated heterocycles. The molecule has 85 heavy (non-hydrogen) atoms. The molecule has 0 saturated carbocycles. The van der Waals surface area contributed by atoms with Gasteiger partial charge in [-0.2, -0.15) is 0 Å². The van der Waals surface area contributed by atoms with Gasteiger partial charge in [-0.25, -0.2) is 0 Å². The molecule has 10 aromatic carbocycles. The summed E-state index contributed by atoms with van der Waals surface area (Å²) in [5, 5.41) is 1.87. The molecule has 0 fully saturated rings. The zero-order chi connectivity index (χ0) is 57.9. The fraction of sp³-hybridized carbons (Fsp3) is 0.205.